The zero-order valence-electron chi connectivity index (χ0n) is 27.6. The van der Waals surface area contributed by atoms with Crippen molar-refractivity contribution >= 4 is 39.2 Å². The van der Waals surface area contributed by atoms with Gasteiger partial charge in [0.25, 0.3) is 0 Å². The lowest BCUT2D eigenvalue weighted by molar-refractivity contribution is 0.685. The molecule has 0 aromatic heterocycles. The average molecular weight is 645 g/mol. The molecular weight excluding hydrogens is 609 g/mol. The Morgan fingerprint density at radius 3 is 2.06 bits per heavy atom. The van der Waals surface area contributed by atoms with Gasteiger partial charge in [0.2, 0.25) is 0 Å². The summed E-state index contributed by atoms with van der Waals surface area (Å²) >= 11 is 0. The van der Waals surface area contributed by atoms with Gasteiger partial charge in [0.15, 0.2) is 0 Å². The molecule has 0 amide bonds. The first-order chi connectivity index (χ1) is 24.7. The largest absolute Gasteiger partial charge is 0.387 e. The SMILES string of the molecule is N=C(NC(/N=C/c1cc(-c2ccc(C3=CCNC=C3)cc2)cc(-c2ccc3c(ccc4ccccc43)c2)c1)c1ccccc1)c1ccccc1. The monoisotopic (exact) mass is 644 g/mol. The fraction of sp³-hybridized carbons (Fsp3) is 0.0435. The van der Waals surface area contributed by atoms with Crippen LogP contribution in [0.3, 0.4) is 0 Å². The van der Waals surface area contributed by atoms with Gasteiger partial charge >= 0.3 is 0 Å². The molecule has 4 nitrogen and oxygen atoms in total. The van der Waals surface area contributed by atoms with Gasteiger partial charge in [-0.25, -0.2) is 0 Å². The predicted octanol–water partition coefficient (Wildman–Crippen LogP) is 10.6. The second-order valence-corrected chi connectivity index (χ2v) is 12.5. The fourth-order valence-corrected chi connectivity index (χ4v) is 6.60. The minimum absolute atomic E-state index is 0.327. The Balaban J connectivity index is 1.20. The first-order valence-corrected chi connectivity index (χ1v) is 16.9. The quantitative estimate of drug-likeness (QED) is 0.0876. The summed E-state index contributed by atoms with van der Waals surface area (Å²) in [6.07, 6.45) is 7.83. The predicted molar refractivity (Wildman–Crippen MR) is 211 cm³/mol. The zero-order valence-corrected chi connectivity index (χ0v) is 27.6. The second-order valence-electron chi connectivity index (χ2n) is 12.5. The molecule has 50 heavy (non-hydrogen) atoms. The van der Waals surface area contributed by atoms with Crippen LogP contribution in [0.4, 0.5) is 0 Å². The van der Waals surface area contributed by atoms with E-state index >= 15 is 0 Å². The maximum absolute atomic E-state index is 8.80. The van der Waals surface area contributed by atoms with Crippen LogP contribution in [0.2, 0.25) is 0 Å². The molecule has 4 heteroatoms. The van der Waals surface area contributed by atoms with E-state index in [0.29, 0.717) is 5.84 Å². The van der Waals surface area contributed by atoms with E-state index in [-0.39, 0.29) is 0 Å². The lowest BCUT2D eigenvalue weighted by atomic mass is 9.93. The number of dihydropyridines is 1. The Morgan fingerprint density at radius 1 is 0.620 bits per heavy atom. The van der Waals surface area contributed by atoms with Gasteiger partial charge in [-0.15, -0.1) is 0 Å². The molecular formula is C46H36N4. The molecule has 7 aromatic rings. The molecule has 0 fully saturated rings. The number of benzene rings is 7. The molecule has 1 aliphatic rings. The van der Waals surface area contributed by atoms with E-state index in [1.165, 1.54) is 32.7 Å². The highest BCUT2D eigenvalue weighted by Gasteiger charge is 2.13. The maximum Gasteiger partial charge on any atom is 0.145 e. The maximum atomic E-state index is 8.80. The number of rotatable bonds is 8. The van der Waals surface area contributed by atoms with Gasteiger partial charge in [0.1, 0.15) is 12.0 Å². The van der Waals surface area contributed by atoms with Crippen LogP contribution in [-0.4, -0.2) is 18.6 Å². The summed E-state index contributed by atoms with van der Waals surface area (Å²) in [6, 6.07) is 55.0. The lowest BCUT2D eigenvalue weighted by Gasteiger charge is -2.17. The summed E-state index contributed by atoms with van der Waals surface area (Å²) in [6.45, 7) is 0.837. The van der Waals surface area contributed by atoms with Gasteiger partial charge in [-0.2, -0.15) is 0 Å². The van der Waals surface area contributed by atoms with E-state index in [1.54, 1.807) is 0 Å². The van der Waals surface area contributed by atoms with Crippen LogP contribution >= 0.6 is 0 Å². The Bertz CT molecular complexity index is 2410. The van der Waals surface area contributed by atoms with Crippen molar-refractivity contribution in [3.05, 3.63) is 198 Å². The second kappa shape index (κ2) is 13.9. The zero-order chi connectivity index (χ0) is 33.7. The molecule has 0 saturated heterocycles. The molecule has 0 saturated carbocycles. The van der Waals surface area contributed by atoms with Crippen LogP contribution < -0.4 is 10.6 Å². The van der Waals surface area contributed by atoms with Crippen molar-refractivity contribution in [1.82, 2.24) is 10.6 Å². The van der Waals surface area contributed by atoms with Crippen molar-refractivity contribution in [3.8, 4) is 22.3 Å². The summed E-state index contributed by atoms with van der Waals surface area (Å²) in [5.74, 6) is 0.327. The van der Waals surface area contributed by atoms with Crippen LogP contribution in [0.5, 0.6) is 0 Å². The average Bonchev–Trinajstić information content (AvgIpc) is 3.20. The van der Waals surface area contributed by atoms with E-state index in [4.69, 9.17) is 10.4 Å². The van der Waals surface area contributed by atoms with Crippen LogP contribution in [0.25, 0.3) is 49.4 Å². The van der Waals surface area contributed by atoms with Gasteiger partial charge in [-0.3, -0.25) is 10.4 Å². The van der Waals surface area contributed by atoms with Crippen LogP contribution in [-0.2, 0) is 0 Å². The van der Waals surface area contributed by atoms with Crippen molar-refractivity contribution in [2.45, 2.75) is 6.17 Å². The standard InChI is InChI=1S/C46H36N4/c47-45(37-10-3-1-4-11-37)50-46(38-12-5-2-6-13-38)49-31-32-27-41(34-17-15-33(16-18-34)35-23-25-48-26-24-35)30-42(28-32)39-21-22-44-40(29-39)20-19-36-9-7-8-14-43(36)44/h1-25,27-31,46,48H,26H2,(H2,47,50)/b49-31+. The third-order valence-electron chi connectivity index (χ3n) is 9.24. The normalized spacial score (nSPS) is 13.2. The molecule has 3 N–H and O–H groups in total. The van der Waals surface area contributed by atoms with Crippen molar-refractivity contribution < 1.29 is 0 Å². The van der Waals surface area contributed by atoms with E-state index in [9.17, 15) is 0 Å². The number of allylic oxidation sites excluding steroid dienone is 2. The van der Waals surface area contributed by atoms with Crippen molar-refractivity contribution in [3.63, 3.8) is 0 Å². The van der Waals surface area contributed by atoms with Gasteiger partial charge in [-0.05, 0) is 103 Å². The third kappa shape index (κ3) is 6.60. The molecule has 0 bridgehead atoms. The van der Waals surface area contributed by atoms with Crippen LogP contribution in [0, 0.1) is 5.41 Å². The molecule has 7 aromatic carbocycles. The number of amidine groups is 1. The highest BCUT2D eigenvalue weighted by atomic mass is 15.1. The van der Waals surface area contributed by atoms with Gasteiger partial charge in [-0.1, -0.05) is 140 Å². The Morgan fingerprint density at radius 2 is 1.28 bits per heavy atom. The Kier molecular flexibility index (Phi) is 8.57. The minimum Gasteiger partial charge on any atom is -0.387 e. The van der Waals surface area contributed by atoms with Crippen molar-refractivity contribution in [1.29, 1.82) is 5.41 Å². The van der Waals surface area contributed by atoms with Gasteiger partial charge in [0.05, 0.1) is 0 Å². The van der Waals surface area contributed by atoms with Gasteiger partial charge < -0.3 is 10.6 Å². The summed E-state index contributed by atoms with van der Waals surface area (Å²) < 4.78 is 0. The molecule has 1 unspecified atom stereocenters. The van der Waals surface area contributed by atoms with Crippen LogP contribution in [0.15, 0.2) is 181 Å². The van der Waals surface area contributed by atoms with E-state index < -0.39 is 6.17 Å². The summed E-state index contributed by atoms with van der Waals surface area (Å²) in [4.78, 5) is 5.06. The van der Waals surface area contributed by atoms with E-state index in [0.717, 1.165) is 45.5 Å². The minimum atomic E-state index is -0.435. The van der Waals surface area contributed by atoms with Crippen LogP contribution in [0.1, 0.15) is 28.4 Å². The molecule has 0 aliphatic carbocycles. The summed E-state index contributed by atoms with van der Waals surface area (Å²) in [5, 5.41) is 20.3. The summed E-state index contributed by atoms with van der Waals surface area (Å²) in [7, 11) is 0. The number of aliphatic imine (C=N–C) groups is 1. The molecule has 1 heterocycles. The summed E-state index contributed by atoms with van der Waals surface area (Å²) in [5.41, 5.74) is 9.73. The number of hydrogen-bond donors (Lipinski definition) is 3. The fourth-order valence-electron chi connectivity index (χ4n) is 6.60. The molecule has 0 spiro atoms. The highest BCUT2D eigenvalue weighted by Crippen LogP contribution is 2.33. The number of nitrogens with zero attached hydrogens (tertiary/aromatic N) is 1. The molecule has 240 valence electrons. The van der Waals surface area contributed by atoms with E-state index in [1.807, 2.05) is 73.1 Å². The topological polar surface area (TPSA) is 60.3 Å². The number of hydrogen-bond acceptors (Lipinski definition) is 3. The van der Waals surface area contributed by atoms with Gasteiger partial charge in [0, 0.05) is 18.3 Å². The van der Waals surface area contributed by atoms with Crippen molar-refractivity contribution in [2.24, 2.45) is 4.99 Å². The lowest BCUT2D eigenvalue weighted by Crippen LogP contribution is -2.27. The van der Waals surface area contributed by atoms with E-state index in [2.05, 4.69) is 120 Å². The smallest absolute Gasteiger partial charge is 0.145 e. The number of fused-ring (bicyclic) bond motifs is 3. The molecule has 0 radical (unpaired) electrons. The first-order valence-electron chi connectivity index (χ1n) is 16.9. The Hall–Kier alpha value is -6.52. The highest BCUT2D eigenvalue weighted by molar-refractivity contribution is 6.08. The number of nitrogens with one attached hydrogen (secondary N) is 3. The van der Waals surface area contributed by atoms with Crippen molar-refractivity contribution in [2.75, 3.05) is 6.54 Å². The molecule has 1 aliphatic heterocycles. The Labute approximate surface area is 292 Å². The molecule has 1 atom stereocenters. The third-order valence-corrected chi connectivity index (χ3v) is 9.24. The first kappa shape index (κ1) is 30.8. The molecule has 8 rings (SSSR count).